The molecule has 0 amide bonds. The number of hydrogen-bond donors (Lipinski definition) is 5. The van der Waals surface area contributed by atoms with Gasteiger partial charge in [0.2, 0.25) is 17.2 Å². The van der Waals surface area contributed by atoms with Crippen LogP contribution in [0.2, 0.25) is 0 Å². The summed E-state index contributed by atoms with van der Waals surface area (Å²) < 4.78 is 0. The molecule has 0 bridgehead atoms. The Balaban J connectivity index is 2.33. The fourth-order valence-electron chi connectivity index (χ4n) is 2.56. The lowest BCUT2D eigenvalue weighted by Crippen LogP contribution is -1.86. The van der Waals surface area contributed by atoms with E-state index < -0.39 is 28.7 Å². The smallest absolute Gasteiger partial charge is 0.208 e. The topological polar surface area (TPSA) is 101 Å². The molecule has 0 spiro atoms. The lowest BCUT2D eigenvalue weighted by Gasteiger charge is -2.13. The first kappa shape index (κ1) is 13.9. The van der Waals surface area contributed by atoms with E-state index in [0.717, 1.165) is 16.3 Å². The van der Waals surface area contributed by atoms with Crippen molar-refractivity contribution < 1.29 is 25.5 Å². The van der Waals surface area contributed by atoms with E-state index in [4.69, 9.17) is 0 Å². The number of rotatable bonds is 1. The van der Waals surface area contributed by atoms with Crippen molar-refractivity contribution in [2.24, 2.45) is 0 Å². The van der Waals surface area contributed by atoms with Crippen LogP contribution < -0.4 is 0 Å². The van der Waals surface area contributed by atoms with Crippen LogP contribution in [0.5, 0.6) is 28.7 Å². The molecule has 112 valence electrons. The third-order valence-electron chi connectivity index (χ3n) is 3.76. The number of aryl methyl sites for hydroxylation is 1. The average Bonchev–Trinajstić information content (AvgIpc) is 2.51. The van der Waals surface area contributed by atoms with Gasteiger partial charge >= 0.3 is 0 Å². The van der Waals surface area contributed by atoms with Gasteiger partial charge in [-0.3, -0.25) is 0 Å². The van der Waals surface area contributed by atoms with Gasteiger partial charge < -0.3 is 25.5 Å². The summed E-state index contributed by atoms with van der Waals surface area (Å²) in [5.74, 6) is -4.11. The van der Waals surface area contributed by atoms with E-state index in [-0.39, 0.29) is 5.56 Å². The normalized spacial score (nSPS) is 11.0. The van der Waals surface area contributed by atoms with Crippen LogP contribution in [-0.4, -0.2) is 25.5 Å². The summed E-state index contributed by atoms with van der Waals surface area (Å²) >= 11 is 0. The Bertz CT molecular complexity index is 870. The van der Waals surface area contributed by atoms with Crippen LogP contribution in [0.25, 0.3) is 21.9 Å². The average molecular weight is 298 g/mol. The number of phenolic OH excluding ortho intramolecular Hbond substituents is 5. The molecule has 0 radical (unpaired) electrons. The highest BCUT2D eigenvalue weighted by Gasteiger charge is 2.24. The van der Waals surface area contributed by atoms with Gasteiger partial charge in [-0.25, -0.2) is 0 Å². The molecule has 5 nitrogen and oxygen atoms in total. The van der Waals surface area contributed by atoms with Crippen LogP contribution in [-0.2, 0) is 0 Å². The Morgan fingerprint density at radius 3 is 1.91 bits per heavy atom. The molecule has 0 fully saturated rings. The predicted molar refractivity (Wildman–Crippen MR) is 82.4 cm³/mol. The minimum atomic E-state index is -0.963. The van der Waals surface area contributed by atoms with Crippen LogP contribution in [0, 0.1) is 6.92 Å². The first-order valence-electron chi connectivity index (χ1n) is 6.60. The van der Waals surface area contributed by atoms with Crippen molar-refractivity contribution in [1.29, 1.82) is 0 Å². The minimum absolute atomic E-state index is 0.142. The summed E-state index contributed by atoms with van der Waals surface area (Å²) in [6.45, 7) is 1.97. The lowest BCUT2D eigenvalue weighted by molar-refractivity contribution is 0.330. The van der Waals surface area contributed by atoms with E-state index in [0.29, 0.717) is 5.56 Å². The Labute approximate surface area is 126 Å². The van der Waals surface area contributed by atoms with Crippen LogP contribution >= 0.6 is 0 Å². The van der Waals surface area contributed by atoms with Crippen molar-refractivity contribution in [3.63, 3.8) is 0 Å². The molecule has 0 unspecified atom stereocenters. The minimum Gasteiger partial charge on any atom is -0.504 e. The maximum atomic E-state index is 9.98. The van der Waals surface area contributed by atoms with Gasteiger partial charge in [-0.2, -0.15) is 0 Å². The zero-order valence-electron chi connectivity index (χ0n) is 11.7. The van der Waals surface area contributed by atoms with Crippen LogP contribution in [0.15, 0.2) is 36.4 Å². The largest absolute Gasteiger partial charge is 0.504 e. The molecule has 0 saturated heterocycles. The Morgan fingerprint density at radius 1 is 0.682 bits per heavy atom. The summed E-state index contributed by atoms with van der Waals surface area (Å²) in [6.07, 6.45) is 0. The maximum absolute atomic E-state index is 9.98. The van der Waals surface area contributed by atoms with Crippen molar-refractivity contribution in [3.8, 4) is 39.9 Å². The molecule has 0 aliphatic rings. The van der Waals surface area contributed by atoms with E-state index in [1.807, 2.05) is 31.2 Å². The molecule has 22 heavy (non-hydrogen) atoms. The summed E-state index contributed by atoms with van der Waals surface area (Å²) in [6, 6.07) is 10.9. The number of benzene rings is 3. The van der Waals surface area contributed by atoms with E-state index in [1.54, 1.807) is 12.1 Å². The summed E-state index contributed by atoms with van der Waals surface area (Å²) in [5.41, 5.74) is 1.34. The van der Waals surface area contributed by atoms with Crippen molar-refractivity contribution in [3.05, 3.63) is 42.0 Å². The number of hydrogen-bond acceptors (Lipinski definition) is 5. The second kappa shape index (κ2) is 4.73. The first-order chi connectivity index (χ1) is 10.4. The van der Waals surface area contributed by atoms with E-state index in [2.05, 4.69) is 0 Å². The number of phenols is 5. The molecule has 0 atom stereocenters. The first-order valence-corrected chi connectivity index (χ1v) is 6.60. The molecule has 0 aliphatic carbocycles. The standard InChI is InChI=1S/C17H14O5/c1-8-3-2-4-9-7-10(5-6-11(8)9)12-13(18)15(20)17(22)16(21)14(12)19/h2-7,18-22H,1H3. The Morgan fingerprint density at radius 2 is 1.27 bits per heavy atom. The van der Waals surface area contributed by atoms with Gasteiger partial charge in [-0.1, -0.05) is 30.3 Å². The molecule has 5 N–H and O–H groups in total. The fraction of sp³-hybridized carbons (Fsp3) is 0.0588. The molecule has 0 aliphatic heterocycles. The third-order valence-corrected chi connectivity index (χ3v) is 3.76. The molecule has 0 saturated carbocycles. The lowest BCUT2D eigenvalue weighted by atomic mass is 9.97. The van der Waals surface area contributed by atoms with E-state index in [9.17, 15) is 25.5 Å². The molecular formula is C17H14O5. The van der Waals surface area contributed by atoms with Crippen LogP contribution in [0.4, 0.5) is 0 Å². The third kappa shape index (κ3) is 1.87. The van der Waals surface area contributed by atoms with Gasteiger partial charge in [0, 0.05) is 0 Å². The highest BCUT2D eigenvalue weighted by Crippen LogP contribution is 2.54. The molecule has 3 aromatic carbocycles. The zero-order valence-corrected chi connectivity index (χ0v) is 11.7. The molecule has 5 heteroatoms. The summed E-state index contributed by atoms with van der Waals surface area (Å²) in [5, 5.41) is 50.6. The fourth-order valence-corrected chi connectivity index (χ4v) is 2.56. The highest BCUT2D eigenvalue weighted by molar-refractivity contribution is 5.93. The van der Waals surface area contributed by atoms with Gasteiger partial charge in [0.05, 0.1) is 5.56 Å². The number of fused-ring (bicyclic) bond motifs is 1. The van der Waals surface area contributed by atoms with Gasteiger partial charge in [0.25, 0.3) is 0 Å². The second-order valence-electron chi connectivity index (χ2n) is 5.13. The number of aromatic hydroxyl groups is 5. The van der Waals surface area contributed by atoms with Gasteiger partial charge in [-0.15, -0.1) is 0 Å². The molecule has 0 heterocycles. The van der Waals surface area contributed by atoms with E-state index >= 15 is 0 Å². The SMILES string of the molecule is Cc1cccc2cc(-c3c(O)c(O)c(O)c(O)c3O)ccc12. The molecule has 0 aromatic heterocycles. The quantitative estimate of drug-likeness (QED) is 0.350. The molecule has 3 aromatic rings. The van der Waals surface area contributed by atoms with Crippen molar-refractivity contribution in [2.45, 2.75) is 6.92 Å². The Kier molecular flexibility index (Phi) is 2.99. The van der Waals surface area contributed by atoms with Gasteiger partial charge in [-0.05, 0) is 34.9 Å². The predicted octanol–water partition coefficient (Wildman–Crippen LogP) is 3.34. The van der Waals surface area contributed by atoms with Crippen molar-refractivity contribution in [1.82, 2.24) is 0 Å². The van der Waals surface area contributed by atoms with Crippen molar-refractivity contribution >= 4 is 10.8 Å². The zero-order chi connectivity index (χ0) is 16.0. The maximum Gasteiger partial charge on any atom is 0.208 e. The highest BCUT2D eigenvalue weighted by atomic mass is 16.4. The molecule has 3 rings (SSSR count). The summed E-state index contributed by atoms with van der Waals surface area (Å²) in [7, 11) is 0. The molecular weight excluding hydrogens is 284 g/mol. The van der Waals surface area contributed by atoms with E-state index in [1.165, 1.54) is 0 Å². The van der Waals surface area contributed by atoms with Crippen molar-refractivity contribution in [2.75, 3.05) is 0 Å². The van der Waals surface area contributed by atoms with Crippen LogP contribution in [0.3, 0.4) is 0 Å². The second-order valence-corrected chi connectivity index (χ2v) is 5.13. The van der Waals surface area contributed by atoms with Crippen LogP contribution in [0.1, 0.15) is 5.56 Å². The Hall–Kier alpha value is -3.08. The van der Waals surface area contributed by atoms with Gasteiger partial charge in [0.15, 0.2) is 11.5 Å². The monoisotopic (exact) mass is 298 g/mol. The summed E-state index contributed by atoms with van der Waals surface area (Å²) in [4.78, 5) is 0. The van der Waals surface area contributed by atoms with Gasteiger partial charge in [0.1, 0.15) is 0 Å².